The van der Waals surface area contributed by atoms with E-state index in [4.69, 9.17) is 0 Å². The molecule has 0 aromatic rings. The molecule has 0 saturated heterocycles. The fraction of sp³-hybridized carbons (Fsp3) is 0.833. The summed E-state index contributed by atoms with van der Waals surface area (Å²) >= 11 is 4.45. The van der Waals surface area contributed by atoms with Crippen molar-refractivity contribution in [2.45, 2.75) is 25.4 Å². The molecule has 0 heterocycles. The minimum atomic E-state index is -5.44. The van der Waals surface area contributed by atoms with E-state index in [9.17, 15) is 22.4 Å². The van der Waals surface area contributed by atoms with Crippen LogP contribution in [0.15, 0.2) is 0 Å². The van der Waals surface area contributed by atoms with Gasteiger partial charge in [-0.25, -0.2) is 0 Å². The van der Waals surface area contributed by atoms with Crippen LogP contribution in [0.25, 0.3) is 0 Å². The van der Waals surface area contributed by atoms with Crippen LogP contribution >= 0.6 is 11.6 Å². The predicted octanol–water partition coefficient (Wildman–Crippen LogP) is 2.56. The van der Waals surface area contributed by atoms with Crippen molar-refractivity contribution in [2.24, 2.45) is 0 Å². The van der Waals surface area contributed by atoms with Crippen LogP contribution in [0, 0.1) is 0 Å². The second kappa shape index (κ2) is 5.45. The predicted molar refractivity (Wildman–Crippen MR) is 39.5 cm³/mol. The first-order chi connectivity index (χ1) is 5.75. The van der Waals surface area contributed by atoms with Crippen LogP contribution in [-0.2, 0) is 9.53 Å². The summed E-state index contributed by atoms with van der Waals surface area (Å²) in [5, 5.41) is -2.21. The standard InChI is InChI=1S/C6H7ClF4O2.FH/c1-2-3-13-5(8,4(7)12)6(9,10)11;/h2-3H2,1H3;1H. The van der Waals surface area contributed by atoms with E-state index >= 15 is 0 Å². The van der Waals surface area contributed by atoms with Gasteiger partial charge in [-0.2, -0.15) is 17.6 Å². The van der Waals surface area contributed by atoms with Crippen molar-refractivity contribution in [2.75, 3.05) is 6.61 Å². The van der Waals surface area contributed by atoms with Gasteiger partial charge in [0.15, 0.2) is 0 Å². The Morgan fingerprint density at radius 3 is 2.00 bits per heavy atom. The molecule has 0 spiro atoms. The van der Waals surface area contributed by atoms with Gasteiger partial charge in [0.1, 0.15) is 0 Å². The normalized spacial score (nSPS) is 15.6. The Morgan fingerprint density at radius 1 is 1.36 bits per heavy atom. The quantitative estimate of drug-likeness (QED) is 0.559. The van der Waals surface area contributed by atoms with Crippen molar-refractivity contribution in [3.63, 3.8) is 0 Å². The van der Waals surface area contributed by atoms with Crippen molar-refractivity contribution in [1.82, 2.24) is 0 Å². The van der Waals surface area contributed by atoms with E-state index in [1.54, 1.807) is 0 Å². The van der Waals surface area contributed by atoms with Crippen LogP contribution in [0.2, 0.25) is 0 Å². The molecule has 14 heavy (non-hydrogen) atoms. The van der Waals surface area contributed by atoms with Gasteiger partial charge in [-0.3, -0.25) is 9.50 Å². The highest BCUT2D eigenvalue weighted by atomic mass is 35.5. The average molecular weight is 243 g/mol. The molecule has 0 bridgehead atoms. The van der Waals surface area contributed by atoms with E-state index in [0.717, 1.165) is 0 Å². The lowest BCUT2D eigenvalue weighted by molar-refractivity contribution is -0.310. The number of rotatable bonds is 4. The fourth-order valence-corrected chi connectivity index (χ4v) is 0.654. The molecule has 0 saturated carbocycles. The lowest BCUT2D eigenvalue weighted by Gasteiger charge is -2.23. The summed E-state index contributed by atoms with van der Waals surface area (Å²) < 4.78 is 52.1. The summed E-state index contributed by atoms with van der Waals surface area (Å²) in [5.41, 5.74) is 0. The smallest absolute Gasteiger partial charge is 0.332 e. The van der Waals surface area contributed by atoms with Gasteiger partial charge >= 0.3 is 12.0 Å². The van der Waals surface area contributed by atoms with E-state index in [1.165, 1.54) is 6.92 Å². The lowest BCUT2D eigenvalue weighted by atomic mass is 10.3. The number of carbonyl (C=O) groups excluding carboxylic acids is 1. The topological polar surface area (TPSA) is 26.3 Å². The molecule has 0 aliphatic rings. The molecule has 0 rings (SSSR count). The molecule has 0 aromatic carbocycles. The highest BCUT2D eigenvalue weighted by Crippen LogP contribution is 2.36. The van der Waals surface area contributed by atoms with Crippen LogP contribution < -0.4 is 0 Å². The van der Waals surface area contributed by atoms with E-state index in [2.05, 4.69) is 16.3 Å². The first-order valence-corrected chi connectivity index (χ1v) is 3.73. The molecule has 1 unspecified atom stereocenters. The van der Waals surface area contributed by atoms with Crippen LogP contribution in [0.4, 0.5) is 22.3 Å². The van der Waals surface area contributed by atoms with Gasteiger partial charge in [-0.15, -0.1) is 0 Å². The monoisotopic (exact) mass is 242 g/mol. The molecule has 0 radical (unpaired) electrons. The number of ether oxygens (including phenoxy) is 1. The molecular formula is C6H8ClF5O2. The molecule has 0 amide bonds. The molecule has 0 aromatic heterocycles. The SMILES string of the molecule is CCCOC(F)(C(=O)Cl)C(F)(F)F.F. The summed E-state index contributed by atoms with van der Waals surface area (Å²) in [6, 6.07) is 0. The second-order valence-corrected chi connectivity index (χ2v) is 2.56. The number of carbonyl (C=O) groups is 1. The number of hydrogen-bond donors (Lipinski definition) is 0. The molecule has 0 aliphatic heterocycles. The van der Waals surface area contributed by atoms with Crippen LogP contribution in [0.1, 0.15) is 13.3 Å². The van der Waals surface area contributed by atoms with Crippen LogP contribution in [0.5, 0.6) is 0 Å². The van der Waals surface area contributed by atoms with Crippen molar-refractivity contribution in [3.05, 3.63) is 0 Å². The second-order valence-electron chi connectivity index (χ2n) is 2.22. The molecule has 0 N–H and O–H groups in total. The molecule has 1 atom stereocenters. The fourth-order valence-electron chi connectivity index (χ4n) is 0.493. The van der Waals surface area contributed by atoms with Crippen molar-refractivity contribution in [1.29, 1.82) is 0 Å². The van der Waals surface area contributed by atoms with Gasteiger partial charge in [0.2, 0.25) is 0 Å². The van der Waals surface area contributed by atoms with Gasteiger partial charge in [0.25, 0.3) is 5.24 Å². The van der Waals surface area contributed by atoms with Gasteiger partial charge in [0, 0.05) is 0 Å². The van der Waals surface area contributed by atoms with E-state index in [0.29, 0.717) is 0 Å². The zero-order valence-corrected chi connectivity index (χ0v) is 7.78. The van der Waals surface area contributed by atoms with Gasteiger partial charge in [0.05, 0.1) is 6.61 Å². The minimum absolute atomic E-state index is 0. The maximum atomic E-state index is 12.8. The Morgan fingerprint density at radius 2 is 1.79 bits per heavy atom. The van der Waals surface area contributed by atoms with Crippen LogP contribution in [-0.4, -0.2) is 23.9 Å². The number of alkyl halides is 4. The molecule has 0 aliphatic carbocycles. The van der Waals surface area contributed by atoms with Crippen molar-refractivity contribution >= 4 is 16.8 Å². The zero-order valence-electron chi connectivity index (χ0n) is 7.03. The molecule has 2 nitrogen and oxygen atoms in total. The van der Waals surface area contributed by atoms with E-state index in [1.807, 2.05) is 0 Å². The van der Waals surface area contributed by atoms with Gasteiger partial charge < -0.3 is 4.74 Å². The van der Waals surface area contributed by atoms with Crippen LogP contribution in [0.3, 0.4) is 0 Å². The van der Waals surface area contributed by atoms with E-state index in [-0.39, 0.29) is 11.1 Å². The molecule has 86 valence electrons. The highest BCUT2D eigenvalue weighted by molar-refractivity contribution is 6.65. The zero-order chi connectivity index (χ0) is 10.7. The summed E-state index contributed by atoms with van der Waals surface area (Å²) in [7, 11) is 0. The maximum absolute atomic E-state index is 12.8. The molecule has 0 fully saturated rings. The van der Waals surface area contributed by atoms with Gasteiger partial charge in [-0.1, -0.05) is 6.92 Å². The lowest BCUT2D eigenvalue weighted by Crippen LogP contribution is -2.48. The average Bonchev–Trinajstić information content (AvgIpc) is 1.97. The first kappa shape index (κ1) is 16.0. The largest absolute Gasteiger partial charge is 0.457 e. The Labute approximate surface area is 81.5 Å². The van der Waals surface area contributed by atoms with Crippen molar-refractivity contribution in [3.8, 4) is 0 Å². The summed E-state index contributed by atoms with van der Waals surface area (Å²) in [6.45, 7) is 0.934. The van der Waals surface area contributed by atoms with Gasteiger partial charge in [-0.05, 0) is 18.0 Å². The summed E-state index contributed by atoms with van der Waals surface area (Å²) in [4.78, 5) is 10.2. The third kappa shape index (κ3) is 3.38. The summed E-state index contributed by atoms with van der Waals surface area (Å²) in [6.07, 6.45) is -5.30. The Kier molecular flexibility index (Phi) is 6.24. The third-order valence-corrected chi connectivity index (χ3v) is 1.37. The van der Waals surface area contributed by atoms with E-state index < -0.39 is 23.9 Å². The summed E-state index contributed by atoms with van der Waals surface area (Å²) in [5.74, 6) is -4.38. The maximum Gasteiger partial charge on any atom is 0.457 e. The highest BCUT2D eigenvalue weighted by Gasteiger charge is 2.63. The Balaban J connectivity index is 0. The third-order valence-electron chi connectivity index (χ3n) is 1.12. The first-order valence-electron chi connectivity index (χ1n) is 3.35. The Bertz CT molecular complexity index is 195. The Hall–Kier alpha value is -0.430. The number of halogens is 6. The minimum Gasteiger partial charge on any atom is -0.332 e. The number of hydrogen-bond acceptors (Lipinski definition) is 2. The molecular weight excluding hydrogens is 235 g/mol. The molecule has 8 heteroatoms. The van der Waals surface area contributed by atoms with Crippen molar-refractivity contribution < 1.29 is 31.8 Å².